The van der Waals surface area contributed by atoms with Crippen molar-refractivity contribution < 1.29 is 4.79 Å². The minimum Gasteiger partial charge on any atom is -0.304 e. The van der Waals surface area contributed by atoms with Gasteiger partial charge < -0.3 is 5.32 Å². The van der Waals surface area contributed by atoms with E-state index >= 15 is 0 Å². The number of hydrogen-bond acceptors (Lipinski definition) is 3. The lowest BCUT2D eigenvalue weighted by atomic mass is 10.3. The quantitative estimate of drug-likeness (QED) is 0.808. The number of benzene rings is 1. The number of carbonyl (C=O) groups excluding carboxylic acids is 1. The zero-order valence-corrected chi connectivity index (χ0v) is 12.9. The highest BCUT2D eigenvalue weighted by Crippen LogP contribution is 2.18. The third-order valence-corrected chi connectivity index (χ3v) is 3.53. The Balaban J connectivity index is 1.85. The number of amides is 1. The molecule has 0 aliphatic rings. The molecule has 1 amide bonds. The van der Waals surface area contributed by atoms with Gasteiger partial charge in [0.25, 0.3) is 5.91 Å². The van der Waals surface area contributed by atoms with Crippen LogP contribution >= 0.6 is 11.6 Å². The zero-order chi connectivity index (χ0) is 15.7. The predicted molar refractivity (Wildman–Crippen MR) is 84.5 cm³/mol. The van der Waals surface area contributed by atoms with Crippen LogP contribution in [0.25, 0.3) is 5.69 Å². The summed E-state index contributed by atoms with van der Waals surface area (Å²) < 4.78 is 3.21. The van der Waals surface area contributed by atoms with Crippen molar-refractivity contribution in [3.63, 3.8) is 0 Å². The predicted octanol–water partition coefficient (Wildman–Crippen LogP) is 2.82. The smallest absolute Gasteiger partial charge is 0.275 e. The number of anilines is 1. The van der Waals surface area contributed by atoms with Crippen molar-refractivity contribution >= 4 is 23.3 Å². The highest BCUT2D eigenvalue weighted by Gasteiger charge is 2.14. The number of nitrogens with one attached hydrogen (secondary N) is 1. The normalized spacial score (nSPS) is 10.7. The molecule has 0 fully saturated rings. The topological polar surface area (TPSA) is 64.7 Å². The molecule has 0 bridgehead atoms. The van der Waals surface area contributed by atoms with Crippen LogP contribution in [0, 0.1) is 6.92 Å². The maximum Gasteiger partial charge on any atom is 0.275 e. The zero-order valence-electron chi connectivity index (χ0n) is 12.1. The van der Waals surface area contributed by atoms with Gasteiger partial charge in [0.1, 0.15) is 5.69 Å². The van der Waals surface area contributed by atoms with E-state index in [2.05, 4.69) is 15.5 Å². The molecular formula is C15H14ClN5O. The molecule has 2 aromatic heterocycles. The SMILES string of the molecule is Cc1cn(-c2ccc(Cl)cc2)nc1NC(=O)c1ccnn1C. The number of aryl methyl sites for hydroxylation is 2. The molecular weight excluding hydrogens is 302 g/mol. The first-order chi connectivity index (χ1) is 10.5. The Morgan fingerprint density at radius 3 is 2.59 bits per heavy atom. The summed E-state index contributed by atoms with van der Waals surface area (Å²) in [6, 6.07) is 8.97. The van der Waals surface area contributed by atoms with E-state index in [0.717, 1.165) is 11.3 Å². The maximum atomic E-state index is 12.2. The fourth-order valence-corrected chi connectivity index (χ4v) is 2.20. The summed E-state index contributed by atoms with van der Waals surface area (Å²) in [5.74, 6) is 0.269. The van der Waals surface area contributed by atoms with E-state index in [4.69, 9.17) is 11.6 Å². The fraction of sp³-hybridized carbons (Fsp3) is 0.133. The first-order valence-electron chi connectivity index (χ1n) is 6.66. The summed E-state index contributed by atoms with van der Waals surface area (Å²) in [6.45, 7) is 1.89. The van der Waals surface area contributed by atoms with E-state index in [1.165, 1.54) is 4.68 Å². The Hall–Kier alpha value is -2.60. The molecule has 0 atom stereocenters. The van der Waals surface area contributed by atoms with Crippen LogP contribution in [0.1, 0.15) is 16.1 Å². The van der Waals surface area contributed by atoms with Crippen molar-refractivity contribution in [3.8, 4) is 5.69 Å². The van der Waals surface area contributed by atoms with Crippen LogP contribution in [0.15, 0.2) is 42.7 Å². The van der Waals surface area contributed by atoms with Crippen molar-refractivity contribution in [3.05, 3.63) is 59.0 Å². The van der Waals surface area contributed by atoms with Crippen LogP contribution in [0.2, 0.25) is 5.02 Å². The summed E-state index contributed by atoms with van der Waals surface area (Å²) in [5.41, 5.74) is 2.21. The summed E-state index contributed by atoms with van der Waals surface area (Å²) in [7, 11) is 1.72. The van der Waals surface area contributed by atoms with Crippen molar-refractivity contribution in [2.45, 2.75) is 6.92 Å². The molecule has 112 valence electrons. The van der Waals surface area contributed by atoms with E-state index in [-0.39, 0.29) is 5.91 Å². The van der Waals surface area contributed by atoms with Gasteiger partial charge in [0.15, 0.2) is 5.82 Å². The van der Waals surface area contributed by atoms with E-state index in [9.17, 15) is 4.79 Å². The second kappa shape index (κ2) is 5.65. The molecule has 0 saturated heterocycles. The molecule has 22 heavy (non-hydrogen) atoms. The van der Waals surface area contributed by atoms with E-state index in [1.54, 1.807) is 36.1 Å². The molecule has 3 rings (SSSR count). The number of halogens is 1. The number of hydrogen-bond donors (Lipinski definition) is 1. The maximum absolute atomic E-state index is 12.2. The van der Waals surface area contributed by atoms with Crippen molar-refractivity contribution in [2.24, 2.45) is 7.05 Å². The third kappa shape index (κ3) is 2.73. The Labute approximate surface area is 132 Å². The van der Waals surface area contributed by atoms with Gasteiger partial charge in [-0.3, -0.25) is 9.48 Å². The lowest BCUT2D eigenvalue weighted by Gasteiger charge is -2.03. The number of nitrogens with zero attached hydrogens (tertiary/aromatic N) is 4. The molecule has 1 aromatic carbocycles. The first-order valence-corrected chi connectivity index (χ1v) is 7.04. The second-order valence-electron chi connectivity index (χ2n) is 4.88. The van der Waals surface area contributed by atoms with Crippen LogP contribution in [-0.4, -0.2) is 25.5 Å². The number of aromatic nitrogens is 4. The van der Waals surface area contributed by atoms with Crippen LogP contribution in [0.4, 0.5) is 5.82 Å². The van der Waals surface area contributed by atoms with Crippen LogP contribution in [0.3, 0.4) is 0 Å². The molecule has 6 nitrogen and oxygen atoms in total. The van der Waals surface area contributed by atoms with Crippen molar-refractivity contribution in [1.82, 2.24) is 19.6 Å². The molecule has 3 aromatic rings. The van der Waals surface area contributed by atoms with Gasteiger partial charge in [0, 0.05) is 30.0 Å². The van der Waals surface area contributed by atoms with E-state index < -0.39 is 0 Å². The second-order valence-corrected chi connectivity index (χ2v) is 5.31. The molecule has 0 aliphatic carbocycles. The summed E-state index contributed by atoms with van der Waals surface area (Å²) in [4.78, 5) is 12.2. The van der Waals surface area contributed by atoms with Gasteiger partial charge in [-0.15, -0.1) is 5.10 Å². The monoisotopic (exact) mass is 315 g/mol. The van der Waals surface area contributed by atoms with Gasteiger partial charge in [-0.05, 0) is 37.3 Å². The summed E-state index contributed by atoms with van der Waals surface area (Å²) >= 11 is 5.88. The molecule has 0 radical (unpaired) electrons. The molecule has 2 heterocycles. The molecule has 0 unspecified atom stereocenters. The molecule has 0 spiro atoms. The van der Waals surface area contributed by atoms with E-state index in [0.29, 0.717) is 16.5 Å². The Morgan fingerprint density at radius 2 is 1.95 bits per heavy atom. The minimum absolute atomic E-state index is 0.246. The molecule has 0 saturated carbocycles. The Morgan fingerprint density at radius 1 is 1.23 bits per heavy atom. The van der Waals surface area contributed by atoms with Gasteiger partial charge in [0.2, 0.25) is 0 Å². The standard InChI is InChI=1S/C15H14ClN5O/c1-10-9-21(12-5-3-11(16)4-6-12)19-14(10)18-15(22)13-7-8-17-20(13)2/h3-9H,1-2H3,(H,18,19,22). The van der Waals surface area contributed by atoms with Gasteiger partial charge in [-0.1, -0.05) is 11.6 Å². The third-order valence-electron chi connectivity index (χ3n) is 3.27. The first kappa shape index (κ1) is 14.3. The number of carbonyl (C=O) groups is 1. The van der Waals surface area contributed by atoms with Crippen LogP contribution < -0.4 is 5.32 Å². The van der Waals surface area contributed by atoms with Gasteiger partial charge in [0.05, 0.1) is 5.69 Å². The van der Waals surface area contributed by atoms with Gasteiger partial charge in [-0.2, -0.15) is 5.10 Å². The fourth-order valence-electron chi connectivity index (χ4n) is 2.08. The van der Waals surface area contributed by atoms with Crippen LogP contribution in [-0.2, 0) is 7.05 Å². The lowest BCUT2D eigenvalue weighted by molar-refractivity contribution is 0.101. The number of rotatable bonds is 3. The van der Waals surface area contributed by atoms with Gasteiger partial charge in [-0.25, -0.2) is 4.68 Å². The highest BCUT2D eigenvalue weighted by molar-refractivity contribution is 6.30. The molecule has 7 heteroatoms. The molecule has 1 N–H and O–H groups in total. The van der Waals surface area contributed by atoms with Crippen LogP contribution in [0.5, 0.6) is 0 Å². The van der Waals surface area contributed by atoms with Crippen molar-refractivity contribution in [1.29, 1.82) is 0 Å². The molecule has 0 aliphatic heterocycles. The van der Waals surface area contributed by atoms with E-state index in [1.807, 2.05) is 25.3 Å². The summed E-state index contributed by atoms with van der Waals surface area (Å²) in [6.07, 6.45) is 3.43. The van der Waals surface area contributed by atoms with Crippen molar-refractivity contribution in [2.75, 3.05) is 5.32 Å². The lowest BCUT2D eigenvalue weighted by Crippen LogP contribution is -2.17. The van der Waals surface area contributed by atoms with Gasteiger partial charge >= 0.3 is 0 Å². The highest BCUT2D eigenvalue weighted by atomic mass is 35.5. The summed E-state index contributed by atoms with van der Waals surface area (Å²) in [5, 5.41) is 11.8. The average molecular weight is 316 g/mol. The minimum atomic E-state index is -0.246. The average Bonchev–Trinajstić information content (AvgIpc) is 3.06. The Kier molecular flexibility index (Phi) is 3.68. The largest absolute Gasteiger partial charge is 0.304 e. The Bertz CT molecular complexity index is 819.